The molecule has 0 atom stereocenters. The molecule has 1 aromatic heterocycles. The van der Waals surface area contributed by atoms with Crippen LogP contribution in [0.3, 0.4) is 0 Å². The van der Waals surface area contributed by atoms with E-state index in [9.17, 15) is 9.18 Å². The molecule has 0 unspecified atom stereocenters. The van der Waals surface area contributed by atoms with Gasteiger partial charge in [-0.2, -0.15) is 5.26 Å². The Morgan fingerprint density at radius 1 is 1.37 bits per heavy atom. The Labute approximate surface area is 109 Å². The molecular formula is C14H10FN3O. The Balaban J connectivity index is 2.22. The van der Waals surface area contributed by atoms with Gasteiger partial charge in [0, 0.05) is 18.1 Å². The van der Waals surface area contributed by atoms with Crippen LogP contribution in [0.25, 0.3) is 0 Å². The number of anilines is 1. The zero-order valence-corrected chi connectivity index (χ0v) is 10.1. The standard InChI is InChI=1S/C14H10FN3O/c1-9-4-11(8-17-7-9)14(19)18-12-2-3-13(15)10(5-12)6-16/h2-5,7-8H,1H3,(H,18,19). The molecule has 2 rings (SSSR count). The Hall–Kier alpha value is -2.74. The molecular weight excluding hydrogens is 245 g/mol. The molecule has 5 heteroatoms. The second-order valence-corrected chi connectivity index (χ2v) is 4.01. The molecule has 0 fully saturated rings. The van der Waals surface area contributed by atoms with Gasteiger partial charge in [-0.3, -0.25) is 9.78 Å². The number of hydrogen-bond acceptors (Lipinski definition) is 3. The maximum absolute atomic E-state index is 13.1. The zero-order chi connectivity index (χ0) is 13.8. The fourth-order valence-electron chi connectivity index (χ4n) is 1.57. The Kier molecular flexibility index (Phi) is 3.53. The van der Waals surface area contributed by atoms with Crippen molar-refractivity contribution in [3.05, 3.63) is 59.2 Å². The molecule has 0 saturated carbocycles. The Morgan fingerprint density at radius 3 is 2.84 bits per heavy atom. The molecule has 19 heavy (non-hydrogen) atoms. The van der Waals surface area contributed by atoms with Crippen LogP contribution >= 0.6 is 0 Å². The Morgan fingerprint density at radius 2 is 2.16 bits per heavy atom. The minimum atomic E-state index is -0.613. The molecule has 0 radical (unpaired) electrons. The summed E-state index contributed by atoms with van der Waals surface area (Å²) in [5.41, 5.74) is 1.52. The molecule has 0 aliphatic heterocycles. The highest BCUT2D eigenvalue weighted by Gasteiger charge is 2.08. The van der Waals surface area contributed by atoms with Crippen molar-refractivity contribution in [3.63, 3.8) is 0 Å². The number of benzene rings is 1. The molecule has 1 N–H and O–H groups in total. The minimum Gasteiger partial charge on any atom is -0.322 e. The van der Waals surface area contributed by atoms with Gasteiger partial charge in [-0.25, -0.2) is 4.39 Å². The molecule has 0 aliphatic rings. The highest BCUT2D eigenvalue weighted by Crippen LogP contribution is 2.15. The quantitative estimate of drug-likeness (QED) is 0.897. The van der Waals surface area contributed by atoms with Crippen molar-refractivity contribution in [2.45, 2.75) is 6.92 Å². The molecule has 2 aromatic rings. The van der Waals surface area contributed by atoms with Gasteiger partial charge < -0.3 is 5.32 Å². The summed E-state index contributed by atoms with van der Waals surface area (Å²) in [4.78, 5) is 15.8. The van der Waals surface area contributed by atoms with Crippen LogP contribution in [0.2, 0.25) is 0 Å². The predicted molar refractivity (Wildman–Crippen MR) is 68.0 cm³/mol. The predicted octanol–water partition coefficient (Wildman–Crippen LogP) is 2.65. The van der Waals surface area contributed by atoms with Crippen molar-refractivity contribution in [2.24, 2.45) is 0 Å². The molecule has 4 nitrogen and oxygen atoms in total. The highest BCUT2D eigenvalue weighted by molar-refractivity contribution is 6.04. The molecule has 94 valence electrons. The third-order valence-corrected chi connectivity index (χ3v) is 2.48. The van der Waals surface area contributed by atoms with Gasteiger partial charge in [-0.1, -0.05) is 0 Å². The summed E-state index contributed by atoms with van der Waals surface area (Å²) in [6, 6.07) is 7.24. The number of carbonyl (C=O) groups is 1. The number of hydrogen-bond donors (Lipinski definition) is 1. The molecule has 0 spiro atoms. The summed E-state index contributed by atoms with van der Waals surface area (Å²) >= 11 is 0. The van der Waals surface area contributed by atoms with E-state index >= 15 is 0 Å². The van der Waals surface area contributed by atoms with Crippen LogP contribution in [0.5, 0.6) is 0 Å². The molecule has 0 saturated heterocycles. The first kappa shape index (κ1) is 12.7. The third-order valence-electron chi connectivity index (χ3n) is 2.48. The maximum Gasteiger partial charge on any atom is 0.257 e. The zero-order valence-electron chi connectivity index (χ0n) is 10.1. The van der Waals surface area contributed by atoms with E-state index < -0.39 is 5.82 Å². The van der Waals surface area contributed by atoms with E-state index in [0.29, 0.717) is 11.3 Å². The lowest BCUT2D eigenvalue weighted by Crippen LogP contribution is -2.12. The van der Waals surface area contributed by atoms with E-state index in [0.717, 1.165) is 11.6 Å². The summed E-state index contributed by atoms with van der Waals surface area (Å²) in [7, 11) is 0. The molecule has 1 amide bonds. The number of pyridine rings is 1. The van der Waals surface area contributed by atoms with Crippen molar-refractivity contribution in [2.75, 3.05) is 5.32 Å². The highest BCUT2D eigenvalue weighted by atomic mass is 19.1. The van der Waals surface area contributed by atoms with Crippen LogP contribution in [0.1, 0.15) is 21.5 Å². The van der Waals surface area contributed by atoms with Crippen molar-refractivity contribution in [1.29, 1.82) is 5.26 Å². The molecule has 0 aliphatic carbocycles. The smallest absolute Gasteiger partial charge is 0.257 e. The van der Waals surface area contributed by atoms with Crippen molar-refractivity contribution in [3.8, 4) is 6.07 Å². The SMILES string of the molecule is Cc1cncc(C(=O)Nc2ccc(F)c(C#N)c2)c1. The number of carbonyl (C=O) groups excluding carboxylic acids is 1. The van der Waals surface area contributed by atoms with Gasteiger partial charge in [0.05, 0.1) is 11.1 Å². The van der Waals surface area contributed by atoms with Gasteiger partial charge in [0.15, 0.2) is 0 Å². The van der Waals surface area contributed by atoms with E-state index in [4.69, 9.17) is 5.26 Å². The maximum atomic E-state index is 13.1. The second kappa shape index (κ2) is 5.27. The van der Waals surface area contributed by atoms with E-state index in [2.05, 4.69) is 10.3 Å². The third kappa shape index (κ3) is 2.93. The lowest BCUT2D eigenvalue weighted by atomic mass is 10.2. The van der Waals surface area contributed by atoms with Crippen LogP contribution in [-0.4, -0.2) is 10.9 Å². The van der Waals surface area contributed by atoms with Crippen LogP contribution in [0.15, 0.2) is 36.7 Å². The van der Waals surface area contributed by atoms with Gasteiger partial charge >= 0.3 is 0 Å². The van der Waals surface area contributed by atoms with E-state index in [1.54, 1.807) is 18.3 Å². The average Bonchev–Trinajstić information content (AvgIpc) is 2.41. The van der Waals surface area contributed by atoms with Crippen molar-refractivity contribution in [1.82, 2.24) is 4.98 Å². The van der Waals surface area contributed by atoms with Gasteiger partial charge in [0.25, 0.3) is 5.91 Å². The van der Waals surface area contributed by atoms with Crippen LogP contribution in [-0.2, 0) is 0 Å². The second-order valence-electron chi connectivity index (χ2n) is 4.01. The van der Waals surface area contributed by atoms with Crippen molar-refractivity contribution >= 4 is 11.6 Å². The van der Waals surface area contributed by atoms with Crippen LogP contribution in [0, 0.1) is 24.1 Å². The molecule has 1 aromatic carbocycles. The Bertz CT molecular complexity index is 677. The topological polar surface area (TPSA) is 65.8 Å². The monoisotopic (exact) mass is 255 g/mol. The summed E-state index contributed by atoms with van der Waals surface area (Å²) < 4.78 is 13.1. The first-order valence-electron chi connectivity index (χ1n) is 5.53. The number of aromatic nitrogens is 1. The lowest BCUT2D eigenvalue weighted by molar-refractivity contribution is 0.102. The van der Waals surface area contributed by atoms with Gasteiger partial charge in [-0.05, 0) is 36.8 Å². The number of amides is 1. The fourth-order valence-corrected chi connectivity index (χ4v) is 1.57. The first-order chi connectivity index (χ1) is 9.10. The minimum absolute atomic E-state index is 0.111. The fraction of sp³-hybridized carbons (Fsp3) is 0.0714. The van der Waals surface area contributed by atoms with Gasteiger partial charge in [0.2, 0.25) is 0 Å². The van der Waals surface area contributed by atoms with E-state index in [-0.39, 0.29) is 11.5 Å². The summed E-state index contributed by atoms with van der Waals surface area (Å²) in [6.07, 6.45) is 3.08. The van der Waals surface area contributed by atoms with Crippen LogP contribution in [0.4, 0.5) is 10.1 Å². The van der Waals surface area contributed by atoms with Crippen LogP contribution < -0.4 is 5.32 Å². The van der Waals surface area contributed by atoms with E-state index in [1.165, 1.54) is 18.3 Å². The molecule has 0 bridgehead atoms. The van der Waals surface area contributed by atoms with Gasteiger partial charge in [0.1, 0.15) is 11.9 Å². The summed E-state index contributed by atoms with van der Waals surface area (Å²) in [5, 5.41) is 11.3. The normalized spacial score (nSPS) is 9.74. The number of aryl methyl sites for hydroxylation is 1. The van der Waals surface area contributed by atoms with Gasteiger partial charge in [-0.15, -0.1) is 0 Å². The summed E-state index contributed by atoms with van der Waals surface area (Å²) in [6.45, 7) is 1.83. The molecule has 1 heterocycles. The number of halogens is 1. The largest absolute Gasteiger partial charge is 0.322 e. The number of nitrogens with zero attached hydrogens (tertiary/aromatic N) is 2. The average molecular weight is 255 g/mol. The number of rotatable bonds is 2. The number of nitriles is 1. The van der Waals surface area contributed by atoms with Crippen molar-refractivity contribution < 1.29 is 9.18 Å². The lowest BCUT2D eigenvalue weighted by Gasteiger charge is -2.06. The van der Waals surface area contributed by atoms with E-state index in [1.807, 2.05) is 6.92 Å². The number of nitrogens with one attached hydrogen (secondary N) is 1. The summed E-state index contributed by atoms with van der Waals surface area (Å²) in [5.74, 6) is -0.968. The first-order valence-corrected chi connectivity index (χ1v) is 5.53.